The summed E-state index contributed by atoms with van der Waals surface area (Å²) in [5, 5.41) is 0. The molecule has 5 aliphatic rings. The van der Waals surface area contributed by atoms with Gasteiger partial charge < -0.3 is 14.2 Å². The standard InChI is InChI=1S/C18H26O4/c1-5-21-15(19)17(3)13(20-4)6-7-18-9-11-8-12(14(17)18)22-16(11,2)10-18/h6-7,11-14H,5,8-10H2,1-4H3/t11?,12?,13-,14?,16?,17-,18?/m0/s1. The van der Waals surface area contributed by atoms with Crippen LogP contribution in [0.4, 0.5) is 0 Å². The van der Waals surface area contributed by atoms with E-state index >= 15 is 0 Å². The molecule has 0 aromatic rings. The highest BCUT2D eigenvalue weighted by Gasteiger charge is 2.73. The molecule has 4 heteroatoms. The van der Waals surface area contributed by atoms with Crippen molar-refractivity contribution in [1.82, 2.24) is 0 Å². The first-order valence-corrected chi connectivity index (χ1v) is 8.47. The van der Waals surface area contributed by atoms with E-state index in [1.54, 1.807) is 7.11 Å². The van der Waals surface area contributed by atoms with Crippen LogP contribution in [-0.4, -0.2) is 37.5 Å². The van der Waals surface area contributed by atoms with E-state index in [2.05, 4.69) is 19.1 Å². The lowest BCUT2D eigenvalue weighted by Crippen LogP contribution is -2.61. The molecule has 1 spiro atoms. The maximum atomic E-state index is 12.9. The van der Waals surface area contributed by atoms with Gasteiger partial charge in [-0.15, -0.1) is 0 Å². The van der Waals surface area contributed by atoms with Gasteiger partial charge in [-0.3, -0.25) is 4.79 Å². The molecular formula is C18H26O4. The van der Waals surface area contributed by atoms with Crippen LogP contribution in [0.3, 0.4) is 0 Å². The predicted molar refractivity (Wildman–Crippen MR) is 81.2 cm³/mol. The Labute approximate surface area is 132 Å². The lowest BCUT2D eigenvalue weighted by molar-refractivity contribution is -0.203. The number of carbonyl (C=O) groups is 1. The number of ether oxygens (including phenoxy) is 3. The van der Waals surface area contributed by atoms with Gasteiger partial charge in [-0.05, 0) is 51.4 Å². The molecule has 22 heavy (non-hydrogen) atoms. The maximum Gasteiger partial charge on any atom is 0.315 e. The monoisotopic (exact) mass is 306 g/mol. The molecule has 122 valence electrons. The molecule has 5 unspecified atom stereocenters. The lowest BCUT2D eigenvalue weighted by atomic mass is 9.51. The second-order valence-corrected chi connectivity index (χ2v) is 8.01. The molecule has 2 saturated carbocycles. The molecule has 5 rings (SSSR count). The third kappa shape index (κ3) is 1.53. The van der Waals surface area contributed by atoms with Crippen LogP contribution in [-0.2, 0) is 19.0 Å². The van der Waals surface area contributed by atoms with Crippen LogP contribution < -0.4 is 0 Å². The van der Waals surface area contributed by atoms with Gasteiger partial charge in [-0.1, -0.05) is 12.2 Å². The Morgan fingerprint density at radius 1 is 1.41 bits per heavy atom. The molecule has 7 atom stereocenters. The van der Waals surface area contributed by atoms with Crippen LogP contribution in [0, 0.1) is 22.7 Å². The first kappa shape index (κ1) is 14.7. The molecule has 0 aromatic carbocycles. The second-order valence-electron chi connectivity index (χ2n) is 8.01. The Morgan fingerprint density at radius 2 is 2.18 bits per heavy atom. The Morgan fingerprint density at radius 3 is 2.82 bits per heavy atom. The first-order chi connectivity index (χ1) is 10.4. The van der Waals surface area contributed by atoms with Crippen LogP contribution in [0.5, 0.6) is 0 Å². The van der Waals surface area contributed by atoms with Gasteiger partial charge in [0.15, 0.2) is 0 Å². The number of allylic oxidation sites excluding steroid dienone is 1. The molecule has 0 radical (unpaired) electrons. The van der Waals surface area contributed by atoms with E-state index in [1.807, 2.05) is 13.8 Å². The van der Waals surface area contributed by atoms with Crippen molar-refractivity contribution in [3.8, 4) is 0 Å². The molecule has 0 N–H and O–H groups in total. The van der Waals surface area contributed by atoms with Gasteiger partial charge in [0.1, 0.15) is 5.41 Å². The summed E-state index contributed by atoms with van der Waals surface area (Å²) < 4.78 is 17.5. The lowest BCUT2D eigenvalue weighted by Gasteiger charge is -2.56. The van der Waals surface area contributed by atoms with Crippen molar-refractivity contribution in [2.75, 3.05) is 13.7 Å². The number of carbonyl (C=O) groups excluding carboxylic acids is 1. The summed E-state index contributed by atoms with van der Waals surface area (Å²) in [7, 11) is 1.68. The van der Waals surface area contributed by atoms with Crippen molar-refractivity contribution < 1.29 is 19.0 Å². The van der Waals surface area contributed by atoms with Crippen molar-refractivity contribution >= 4 is 5.97 Å². The van der Waals surface area contributed by atoms with Gasteiger partial charge in [0.2, 0.25) is 0 Å². The van der Waals surface area contributed by atoms with E-state index in [1.165, 1.54) is 0 Å². The van der Waals surface area contributed by atoms with Crippen LogP contribution in [0.15, 0.2) is 12.2 Å². The molecule has 0 aromatic heterocycles. The highest BCUT2D eigenvalue weighted by Crippen LogP contribution is 2.71. The van der Waals surface area contributed by atoms with E-state index in [-0.39, 0.29) is 35.1 Å². The fourth-order valence-corrected chi connectivity index (χ4v) is 6.22. The number of esters is 1. The summed E-state index contributed by atoms with van der Waals surface area (Å²) in [5.74, 6) is 0.642. The van der Waals surface area contributed by atoms with Gasteiger partial charge in [-0.25, -0.2) is 0 Å². The average Bonchev–Trinajstić information content (AvgIpc) is 2.81. The summed E-state index contributed by atoms with van der Waals surface area (Å²) in [6, 6.07) is 0. The van der Waals surface area contributed by atoms with Crippen LogP contribution in [0.1, 0.15) is 40.0 Å². The molecule has 4 nitrogen and oxygen atoms in total. The normalized spacial score (nSPS) is 54.5. The van der Waals surface area contributed by atoms with Crippen molar-refractivity contribution in [3.63, 3.8) is 0 Å². The first-order valence-electron chi connectivity index (χ1n) is 8.47. The quantitative estimate of drug-likeness (QED) is 0.594. The summed E-state index contributed by atoms with van der Waals surface area (Å²) in [4.78, 5) is 12.9. The van der Waals surface area contributed by atoms with Crippen molar-refractivity contribution in [3.05, 3.63) is 12.2 Å². The highest BCUT2D eigenvalue weighted by molar-refractivity contribution is 5.79. The third-order valence-electron chi connectivity index (χ3n) is 6.91. The Balaban J connectivity index is 1.82. The summed E-state index contributed by atoms with van der Waals surface area (Å²) >= 11 is 0. The van der Waals surface area contributed by atoms with Gasteiger partial charge in [-0.2, -0.15) is 0 Å². The zero-order valence-electron chi connectivity index (χ0n) is 13.9. The number of hydrogen-bond acceptors (Lipinski definition) is 4. The van der Waals surface area contributed by atoms with Gasteiger partial charge in [0, 0.05) is 13.0 Å². The molecule has 0 amide bonds. The molecule has 3 aliphatic carbocycles. The van der Waals surface area contributed by atoms with E-state index in [0.29, 0.717) is 12.5 Å². The Kier molecular flexibility index (Phi) is 2.91. The summed E-state index contributed by atoms with van der Waals surface area (Å²) in [6.07, 6.45) is 7.57. The predicted octanol–water partition coefficient (Wildman–Crippen LogP) is 2.71. The molecular weight excluding hydrogens is 280 g/mol. The number of methoxy groups -OCH3 is 1. The van der Waals surface area contributed by atoms with Gasteiger partial charge in [0.25, 0.3) is 0 Å². The van der Waals surface area contributed by atoms with Gasteiger partial charge in [0.05, 0.1) is 24.4 Å². The SMILES string of the molecule is CCOC(=O)[C@]1(C)C2C3CC4CC2(C=C[C@@H]1OC)CC4(C)O3. The van der Waals surface area contributed by atoms with Crippen molar-refractivity contribution in [2.24, 2.45) is 22.7 Å². The topological polar surface area (TPSA) is 44.8 Å². The average molecular weight is 306 g/mol. The molecule has 2 saturated heterocycles. The van der Waals surface area contributed by atoms with Crippen molar-refractivity contribution in [2.45, 2.75) is 57.8 Å². The minimum atomic E-state index is -0.666. The zero-order chi connectivity index (χ0) is 15.8. The fourth-order valence-electron chi connectivity index (χ4n) is 6.22. The van der Waals surface area contributed by atoms with Crippen LogP contribution in [0.25, 0.3) is 0 Å². The van der Waals surface area contributed by atoms with Crippen LogP contribution >= 0.6 is 0 Å². The fraction of sp³-hybridized carbons (Fsp3) is 0.833. The smallest absolute Gasteiger partial charge is 0.315 e. The van der Waals surface area contributed by atoms with E-state index in [4.69, 9.17) is 14.2 Å². The number of hydrogen-bond donors (Lipinski definition) is 0. The summed E-state index contributed by atoms with van der Waals surface area (Å²) in [6.45, 7) is 6.54. The van der Waals surface area contributed by atoms with E-state index < -0.39 is 5.41 Å². The minimum Gasteiger partial charge on any atom is -0.465 e. The minimum absolute atomic E-state index is 0.000978. The molecule has 4 bridgehead atoms. The Bertz CT molecular complexity index is 543. The highest BCUT2D eigenvalue weighted by atomic mass is 16.5. The molecule has 4 fully saturated rings. The third-order valence-corrected chi connectivity index (χ3v) is 6.91. The number of rotatable bonds is 3. The zero-order valence-corrected chi connectivity index (χ0v) is 13.9. The van der Waals surface area contributed by atoms with E-state index in [0.717, 1.165) is 19.3 Å². The summed E-state index contributed by atoms with van der Waals surface area (Å²) in [5.41, 5.74) is -0.584. The second kappa shape index (κ2) is 4.35. The maximum absolute atomic E-state index is 12.9. The van der Waals surface area contributed by atoms with Crippen LogP contribution in [0.2, 0.25) is 0 Å². The van der Waals surface area contributed by atoms with Gasteiger partial charge >= 0.3 is 5.97 Å². The Hall–Kier alpha value is -0.870. The van der Waals surface area contributed by atoms with E-state index in [9.17, 15) is 4.79 Å². The largest absolute Gasteiger partial charge is 0.465 e. The molecule has 2 aliphatic heterocycles. The van der Waals surface area contributed by atoms with Crippen molar-refractivity contribution in [1.29, 1.82) is 0 Å². The molecule has 2 heterocycles.